The van der Waals surface area contributed by atoms with E-state index in [0.717, 1.165) is 47.8 Å². The van der Waals surface area contributed by atoms with Gasteiger partial charge in [0.25, 0.3) is 0 Å². The van der Waals surface area contributed by atoms with Crippen LogP contribution in [0.3, 0.4) is 0 Å². The molecular weight excluding hydrogens is 1000 g/mol. The van der Waals surface area contributed by atoms with Gasteiger partial charge < -0.3 is 39.8 Å². The molecule has 4 heterocycles. The van der Waals surface area contributed by atoms with Gasteiger partial charge in [0.1, 0.15) is 23.6 Å². The Labute approximate surface area is 447 Å². The number of carbonyl (C=O) groups is 4. The molecule has 0 bridgehead atoms. The van der Waals surface area contributed by atoms with Crippen molar-refractivity contribution in [2.24, 2.45) is 11.3 Å². The standard InChI is InChI=1S/C55H66Cl2N8O8S/c1-34-52(74-33-61-34)36-15-13-35(14-16-36)30-60-53(69)46-24-39(67)32-65(46)54(70)41(55(2,3)4)23-38(66)11-8-7-9-12-50(68)64-20-18-63(19-21-64)17-10-22-73-49-27-44-40(25-48(49)72-6)51(37(29-58)31-59-44)62-45-28-47(71-5)43(57)26-42(45)56/h13-16,25-28,31,33,39,41,46,67H,7-12,17-24,30,32H2,1-6H3,(H,59,62)(H,60,69)/t39-,41-,46+/m1/s1. The highest BCUT2D eigenvalue weighted by Gasteiger charge is 2.44. The van der Waals surface area contributed by atoms with E-state index in [0.29, 0.717) is 107 Å². The van der Waals surface area contributed by atoms with Crippen LogP contribution in [0.25, 0.3) is 21.3 Å². The fraction of sp³-hybridized carbons (Fsp3) is 0.473. The maximum Gasteiger partial charge on any atom is 0.243 e. The first-order valence-electron chi connectivity index (χ1n) is 25.1. The molecule has 0 aliphatic carbocycles. The van der Waals surface area contributed by atoms with Gasteiger partial charge in [-0.1, -0.05) is 74.7 Å². The molecule has 3 N–H and O–H groups in total. The number of halogens is 2. The van der Waals surface area contributed by atoms with Crippen molar-refractivity contribution in [2.45, 2.75) is 97.8 Å². The van der Waals surface area contributed by atoms with Gasteiger partial charge in [0.05, 0.1) is 75.5 Å². The van der Waals surface area contributed by atoms with E-state index >= 15 is 0 Å². The van der Waals surface area contributed by atoms with Crippen LogP contribution in [0.1, 0.15) is 89.0 Å². The van der Waals surface area contributed by atoms with Gasteiger partial charge >= 0.3 is 0 Å². The average Bonchev–Trinajstić information content (AvgIpc) is 4.01. The van der Waals surface area contributed by atoms with Crippen LogP contribution in [0.2, 0.25) is 10.0 Å². The van der Waals surface area contributed by atoms with Crippen molar-refractivity contribution < 1.29 is 38.5 Å². The Bertz CT molecular complexity index is 2840. The van der Waals surface area contributed by atoms with Crippen molar-refractivity contribution in [1.82, 2.24) is 30.0 Å². The second-order valence-electron chi connectivity index (χ2n) is 20.0. The summed E-state index contributed by atoms with van der Waals surface area (Å²) < 4.78 is 17.3. The van der Waals surface area contributed by atoms with Gasteiger partial charge in [-0.3, -0.25) is 29.1 Å². The number of carbonyl (C=O) groups excluding carboxylic acids is 4. The van der Waals surface area contributed by atoms with Gasteiger partial charge in [-0.2, -0.15) is 5.26 Å². The fourth-order valence-electron chi connectivity index (χ4n) is 9.49. The van der Waals surface area contributed by atoms with Crippen LogP contribution in [0.15, 0.2) is 60.2 Å². The summed E-state index contributed by atoms with van der Waals surface area (Å²) in [5.74, 6) is 0.209. The Morgan fingerprint density at radius 3 is 2.32 bits per heavy atom. The van der Waals surface area contributed by atoms with Crippen LogP contribution < -0.4 is 24.8 Å². The van der Waals surface area contributed by atoms with Crippen LogP contribution in [0.5, 0.6) is 17.2 Å². The number of piperazine rings is 1. The van der Waals surface area contributed by atoms with E-state index in [-0.39, 0.29) is 49.4 Å². The molecule has 5 aromatic rings. The highest BCUT2D eigenvalue weighted by molar-refractivity contribution is 7.13. The van der Waals surface area contributed by atoms with Crippen molar-refractivity contribution in [1.29, 1.82) is 5.26 Å². The molecule has 0 unspecified atom stereocenters. The summed E-state index contributed by atoms with van der Waals surface area (Å²) in [4.78, 5) is 69.8. The Kier molecular flexibility index (Phi) is 19.2. The minimum atomic E-state index is -0.838. The number of likely N-dealkylation sites (tertiary alicyclic amines) is 1. The Hall–Kier alpha value is -6.03. The Balaban J connectivity index is 0.804. The number of anilines is 2. The lowest BCUT2D eigenvalue weighted by molar-refractivity contribution is -0.146. The molecule has 2 fully saturated rings. The number of aliphatic hydroxyl groups is 1. The molecule has 3 atom stereocenters. The van der Waals surface area contributed by atoms with Gasteiger partial charge in [-0.05, 0) is 54.9 Å². The molecule has 3 aromatic carbocycles. The van der Waals surface area contributed by atoms with Crippen LogP contribution in [0, 0.1) is 29.6 Å². The number of fused-ring (bicyclic) bond motifs is 1. The van der Waals surface area contributed by atoms with Crippen molar-refractivity contribution >= 4 is 80.3 Å². The number of hydrogen-bond acceptors (Lipinski definition) is 14. The zero-order valence-electron chi connectivity index (χ0n) is 43.0. The Morgan fingerprint density at radius 1 is 0.919 bits per heavy atom. The van der Waals surface area contributed by atoms with Crippen LogP contribution in [-0.2, 0) is 25.7 Å². The first-order valence-corrected chi connectivity index (χ1v) is 26.7. The predicted octanol–water partition coefficient (Wildman–Crippen LogP) is 9.37. The number of thiazole rings is 1. The topological polar surface area (TPSA) is 200 Å². The molecular formula is C55H66Cl2N8O8S. The number of rotatable bonds is 22. The Morgan fingerprint density at radius 2 is 1.65 bits per heavy atom. The number of nitrogens with zero attached hydrogens (tertiary/aromatic N) is 6. The highest BCUT2D eigenvalue weighted by Crippen LogP contribution is 2.41. The molecule has 2 aromatic heterocycles. The summed E-state index contributed by atoms with van der Waals surface area (Å²) in [6.45, 7) is 12.0. The number of ether oxygens (including phenoxy) is 3. The SMILES string of the molecule is COc1cc(Nc2c(C#N)cnc3cc(OCCCN4CCN(C(=O)CCCCCC(=O)C[C@H](C(=O)N5C[C@H](O)C[C@H]5C(=O)NCc5ccc(-c6scnc6C)cc5)C(C)(C)C)CC4)c(OC)cc23)c(Cl)cc1Cl. The number of benzene rings is 3. The first kappa shape index (κ1) is 55.7. The van der Waals surface area contributed by atoms with E-state index in [1.165, 1.54) is 18.2 Å². The maximum atomic E-state index is 14.1. The van der Waals surface area contributed by atoms with E-state index in [4.69, 9.17) is 37.4 Å². The van der Waals surface area contributed by atoms with Crippen molar-refractivity contribution in [3.05, 3.63) is 87.1 Å². The minimum Gasteiger partial charge on any atom is -0.495 e. The summed E-state index contributed by atoms with van der Waals surface area (Å²) in [5, 5.41) is 28.1. The summed E-state index contributed by atoms with van der Waals surface area (Å²) in [5.41, 5.74) is 6.07. The zero-order chi connectivity index (χ0) is 53.1. The predicted molar refractivity (Wildman–Crippen MR) is 288 cm³/mol. The normalized spacial score (nSPS) is 16.4. The van der Waals surface area contributed by atoms with Gasteiger partial charge in [0, 0.05) is 101 Å². The van der Waals surface area contributed by atoms with Gasteiger partial charge in [0.15, 0.2) is 11.5 Å². The number of hydrogen-bond donors (Lipinski definition) is 3. The zero-order valence-corrected chi connectivity index (χ0v) is 45.3. The summed E-state index contributed by atoms with van der Waals surface area (Å²) in [6.07, 6.45) is 4.27. The molecule has 7 rings (SSSR count). The molecule has 0 radical (unpaired) electrons. The second kappa shape index (κ2) is 25.5. The lowest BCUT2D eigenvalue weighted by Gasteiger charge is -2.35. The number of aliphatic hydroxyl groups excluding tert-OH is 1. The number of methoxy groups -OCH3 is 2. The lowest BCUT2D eigenvalue weighted by Crippen LogP contribution is -2.50. The number of nitrogens with one attached hydrogen (secondary N) is 2. The molecule has 0 saturated carbocycles. The third-order valence-electron chi connectivity index (χ3n) is 13.8. The van der Waals surface area contributed by atoms with Crippen molar-refractivity contribution in [2.75, 3.05) is 65.4 Å². The molecule has 16 nitrogen and oxygen atoms in total. The van der Waals surface area contributed by atoms with Crippen LogP contribution >= 0.6 is 34.5 Å². The van der Waals surface area contributed by atoms with Crippen molar-refractivity contribution in [3.63, 3.8) is 0 Å². The van der Waals surface area contributed by atoms with Crippen LogP contribution in [0.4, 0.5) is 11.4 Å². The van der Waals surface area contributed by atoms with Gasteiger partial charge in [-0.25, -0.2) is 4.98 Å². The third kappa shape index (κ3) is 14.0. The third-order valence-corrected chi connectivity index (χ3v) is 15.4. The number of nitriles is 1. The van der Waals surface area contributed by atoms with E-state index in [9.17, 15) is 29.5 Å². The summed E-state index contributed by atoms with van der Waals surface area (Å²) in [6, 6.07) is 16.1. The fourth-order valence-corrected chi connectivity index (χ4v) is 10.8. The average molecular weight is 1070 g/mol. The highest BCUT2D eigenvalue weighted by atomic mass is 35.5. The quantitative estimate of drug-likeness (QED) is 0.0555. The number of Topliss-reactive ketones (excluding diaryl/α,β-unsaturated/α-hetero) is 1. The molecule has 2 aliphatic heterocycles. The number of amides is 3. The van der Waals surface area contributed by atoms with Gasteiger partial charge in [-0.15, -0.1) is 11.3 Å². The smallest absolute Gasteiger partial charge is 0.243 e. The number of pyridine rings is 1. The molecule has 74 heavy (non-hydrogen) atoms. The lowest BCUT2D eigenvalue weighted by atomic mass is 9.76. The van der Waals surface area contributed by atoms with E-state index in [1.54, 1.807) is 42.7 Å². The molecule has 0 spiro atoms. The molecule has 19 heteroatoms. The number of aromatic nitrogens is 2. The number of ketones is 1. The van der Waals surface area contributed by atoms with E-state index < -0.39 is 23.5 Å². The molecule has 2 aliphatic rings. The summed E-state index contributed by atoms with van der Waals surface area (Å²) >= 11 is 14.3. The minimum absolute atomic E-state index is 0.0299. The second-order valence-corrected chi connectivity index (χ2v) is 21.7. The summed E-state index contributed by atoms with van der Waals surface area (Å²) in [7, 11) is 3.06. The number of unbranched alkanes of at least 4 members (excludes halogenated alkanes) is 2. The van der Waals surface area contributed by atoms with E-state index in [1.807, 2.05) is 62.4 Å². The number of aryl methyl sites for hydroxylation is 1. The first-order chi connectivity index (χ1) is 35.5. The van der Waals surface area contributed by atoms with Crippen LogP contribution in [-0.4, -0.2) is 126 Å². The molecule has 2 saturated heterocycles. The van der Waals surface area contributed by atoms with E-state index in [2.05, 4.69) is 31.6 Å². The number of β-amino-alcohol motifs (C(OH)–C–C–N with tert-alkyl or cyclic N) is 1. The maximum absolute atomic E-state index is 14.1. The molecule has 3 amide bonds. The van der Waals surface area contributed by atoms with Gasteiger partial charge in [0.2, 0.25) is 17.7 Å². The largest absolute Gasteiger partial charge is 0.495 e. The monoisotopic (exact) mass is 1070 g/mol. The van der Waals surface area contributed by atoms with Crippen molar-refractivity contribution in [3.8, 4) is 33.8 Å². The molecule has 394 valence electrons.